The van der Waals surface area contributed by atoms with Gasteiger partial charge in [-0.1, -0.05) is 12.1 Å². The molecule has 0 atom stereocenters. The molecule has 0 saturated carbocycles. The third-order valence-corrected chi connectivity index (χ3v) is 6.81. The van der Waals surface area contributed by atoms with Crippen LogP contribution < -0.4 is 14.8 Å². The first-order valence-electron chi connectivity index (χ1n) is 10.0. The van der Waals surface area contributed by atoms with E-state index in [9.17, 15) is 26.4 Å². The minimum Gasteiger partial charge on any atom is -0.487 e. The molecule has 2 heterocycles. The highest BCUT2D eigenvalue weighted by Crippen LogP contribution is 2.43. The van der Waals surface area contributed by atoms with Crippen LogP contribution in [0.4, 0.5) is 24.5 Å². The second kappa shape index (κ2) is 7.77. The maximum Gasteiger partial charge on any atom is 0.416 e. The normalized spacial score (nSPS) is 20.2. The van der Waals surface area contributed by atoms with Gasteiger partial charge in [-0.2, -0.15) is 25.9 Å². The lowest BCUT2D eigenvalue weighted by Gasteiger charge is -2.34. The van der Waals surface area contributed by atoms with Gasteiger partial charge in [0, 0.05) is 37.3 Å². The Hall–Kier alpha value is -3.05. The predicted octanol–water partition coefficient (Wildman–Crippen LogP) is 4.39. The Morgan fingerprint density at radius 1 is 1.21 bits per heavy atom. The van der Waals surface area contributed by atoms with Gasteiger partial charge in [-0.3, -0.25) is 9.52 Å². The zero-order valence-corrected chi connectivity index (χ0v) is 18.9. The molecule has 176 valence electrons. The van der Waals surface area contributed by atoms with E-state index >= 15 is 0 Å². The van der Waals surface area contributed by atoms with Crippen molar-refractivity contribution in [2.45, 2.75) is 38.6 Å². The topological polar surface area (TPSA) is 87.7 Å². The number of halogens is 3. The molecule has 2 aromatic rings. The van der Waals surface area contributed by atoms with Crippen molar-refractivity contribution >= 4 is 33.1 Å². The summed E-state index contributed by atoms with van der Waals surface area (Å²) in [6, 6.07) is 8.08. The average molecular weight is 481 g/mol. The number of carbonyl (C=O) groups excluding carboxylic acids is 1. The minimum absolute atomic E-state index is 0.0624. The van der Waals surface area contributed by atoms with Crippen molar-refractivity contribution in [3.8, 4) is 5.75 Å². The maximum atomic E-state index is 13.1. The van der Waals surface area contributed by atoms with Crippen LogP contribution in [0.25, 0.3) is 5.57 Å². The fourth-order valence-electron chi connectivity index (χ4n) is 3.83. The third kappa shape index (κ3) is 4.83. The summed E-state index contributed by atoms with van der Waals surface area (Å²) >= 11 is 0. The number of rotatable bonds is 2. The summed E-state index contributed by atoms with van der Waals surface area (Å²) in [5.41, 5.74) is 0.817. The van der Waals surface area contributed by atoms with E-state index < -0.39 is 33.5 Å². The van der Waals surface area contributed by atoms with Crippen LogP contribution in [0.2, 0.25) is 0 Å². The second-order valence-electron chi connectivity index (χ2n) is 8.64. The number of nitrogens with one attached hydrogen (secondary N) is 2. The molecule has 2 aliphatic heterocycles. The number of nitrogens with zero attached hydrogens (tertiary/aromatic N) is 1. The van der Waals surface area contributed by atoms with E-state index in [0.29, 0.717) is 28.9 Å². The van der Waals surface area contributed by atoms with Gasteiger partial charge in [0.25, 0.3) is 0 Å². The lowest BCUT2D eigenvalue weighted by Crippen LogP contribution is -2.36. The first-order chi connectivity index (χ1) is 15.2. The summed E-state index contributed by atoms with van der Waals surface area (Å²) in [5, 5.41) is 2.69. The molecule has 0 aliphatic carbocycles. The SMILES string of the molecule is CN1Cc2ccc(NC(=O)C=C3CC(C)(C)Oc4cc(C(F)(F)F)ccc43)cc2NS1(=O)=O. The average Bonchev–Trinajstić information content (AvgIpc) is 2.66. The van der Waals surface area contributed by atoms with Crippen LogP contribution in [0.15, 0.2) is 42.5 Å². The Balaban J connectivity index is 1.61. The van der Waals surface area contributed by atoms with Crippen LogP contribution in [0.3, 0.4) is 0 Å². The summed E-state index contributed by atoms with van der Waals surface area (Å²) in [4.78, 5) is 12.7. The van der Waals surface area contributed by atoms with E-state index in [2.05, 4.69) is 10.0 Å². The molecule has 2 aliphatic rings. The van der Waals surface area contributed by atoms with Crippen LogP contribution in [0.1, 0.15) is 37.0 Å². The summed E-state index contributed by atoms with van der Waals surface area (Å²) < 4.78 is 72.8. The summed E-state index contributed by atoms with van der Waals surface area (Å²) in [7, 11) is -2.18. The molecule has 0 aromatic heterocycles. The van der Waals surface area contributed by atoms with Crippen LogP contribution >= 0.6 is 0 Å². The van der Waals surface area contributed by atoms with Gasteiger partial charge in [-0.15, -0.1) is 0 Å². The molecule has 11 heteroatoms. The van der Waals surface area contributed by atoms with Crippen molar-refractivity contribution in [2.24, 2.45) is 0 Å². The largest absolute Gasteiger partial charge is 0.487 e. The fourth-order valence-corrected chi connectivity index (χ4v) is 4.76. The summed E-state index contributed by atoms with van der Waals surface area (Å²) in [5.74, 6) is -0.434. The molecule has 1 amide bonds. The highest BCUT2D eigenvalue weighted by molar-refractivity contribution is 7.90. The number of hydrogen-bond donors (Lipinski definition) is 2. The molecule has 0 radical (unpaired) electrons. The van der Waals surface area contributed by atoms with Crippen molar-refractivity contribution in [3.05, 3.63) is 59.2 Å². The Morgan fingerprint density at radius 3 is 2.64 bits per heavy atom. The monoisotopic (exact) mass is 481 g/mol. The number of amides is 1. The number of benzene rings is 2. The molecule has 2 N–H and O–H groups in total. The molecule has 2 aromatic carbocycles. The molecule has 0 unspecified atom stereocenters. The molecule has 0 saturated heterocycles. The van der Waals surface area contributed by atoms with E-state index in [1.54, 1.807) is 26.0 Å². The van der Waals surface area contributed by atoms with Gasteiger partial charge in [0.05, 0.1) is 11.3 Å². The first-order valence-corrected chi connectivity index (χ1v) is 11.5. The Labute approximate surface area is 189 Å². The molecule has 0 bridgehead atoms. The zero-order chi connectivity index (χ0) is 24.2. The van der Waals surface area contributed by atoms with Crippen molar-refractivity contribution in [3.63, 3.8) is 0 Å². The molecule has 0 spiro atoms. The van der Waals surface area contributed by atoms with E-state index in [0.717, 1.165) is 17.7 Å². The quantitative estimate of drug-likeness (QED) is 0.623. The van der Waals surface area contributed by atoms with Crippen LogP contribution in [-0.2, 0) is 27.7 Å². The lowest BCUT2D eigenvalue weighted by molar-refractivity contribution is -0.137. The van der Waals surface area contributed by atoms with Gasteiger partial charge in [0.2, 0.25) is 5.91 Å². The van der Waals surface area contributed by atoms with E-state index in [4.69, 9.17) is 4.74 Å². The van der Waals surface area contributed by atoms with Crippen molar-refractivity contribution in [2.75, 3.05) is 17.1 Å². The van der Waals surface area contributed by atoms with Gasteiger partial charge < -0.3 is 10.1 Å². The van der Waals surface area contributed by atoms with Crippen molar-refractivity contribution < 1.29 is 31.1 Å². The van der Waals surface area contributed by atoms with Crippen LogP contribution in [0, 0.1) is 0 Å². The molecule has 33 heavy (non-hydrogen) atoms. The maximum absolute atomic E-state index is 13.1. The van der Waals surface area contributed by atoms with Crippen molar-refractivity contribution in [1.82, 2.24) is 4.31 Å². The number of alkyl halides is 3. The van der Waals surface area contributed by atoms with Gasteiger partial charge in [-0.25, -0.2) is 0 Å². The summed E-state index contributed by atoms with van der Waals surface area (Å²) in [6.45, 7) is 3.66. The molecular weight excluding hydrogens is 459 g/mol. The highest BCUT2D eigenvalue weighted by atomic mass is 32.2. The number of hydrogen-bond acceptors (Lipinski definition) is 4. The Kier molecular flexibility index (Phi) is 5.44. The smallest absolute Gasteiger partial charge is 0.416 e. The van der Waals surface area contributed by atoms with Gasteiger partial charge in [0.15, 0.2) is 0 Å². The Bertz CT molecular complexity index is 1270. The fraction of sp³-hybridized carbons (Fsp3) is 0.318. The summed E-state index contributed by atoms with van der Waals surface area (Å²) in [6.07, 6.45) is -2.87. The predicted molar refractivity (Wildman–Crippen MR) is 118 cm³/mol. The van der Waals surface area contributed by atoms with Crippen LogP contribution in [-0.4, -0.2) is 31.3 Å². The van der Waals surface area contributed by atoms with Gasteiger partial charge in [0.1, 0.15) is 11.4 Å². The third-order valence-electron chi connectivity index (χ3n) is 5.38. The second-order valence-corrected chi connectivity index (χ2v) is 10.4. The van der Waals surface area contributed by atoms with Crippen LogP contribution in [0.5, 0.6) is 5.75 Å². The van der Waals surface area contributed by atoms with Crippen molar-refractivity contribution in [1.29, 1.82) is 0 Å². The van der Waals surface area contributed by atoms with E-state index in [-0.39, 0.29) is 12.3 Å². The molecule has 0 fully saturated rings. The Morgan fingerprint density at radius 2 is 1.94 bits per heavy atom. The number of anilines is 2. The highest BCUT2D eigenvalue weighted by Gasteiger charge is 2.35. The minimum atomic E-state index is -4.51. The molecule has 7 nitrogen and oxygen atoms in total. The number of carbonyl (C=O) groups is 1. The lowest BCUT2D eigenvalue weighted by atomic mass is 9.88. The number of ether oxygens (including phenoxy) is 1. The van der Waals surface area contributed by atoms with Gasteiger partial charge >= 0.3 is 16.4 Å². The standard InChI is InChI=1S/C22H22F3N3O4S/c1-21(2)11-14(17-7-5-15(22(23,24)25)9-19(17)32-21)8-20(29)26-16-6-4-13-12-28(3)33(30,31)27-18(13)10-16/h4-10,27H,11-12H2,1-3H3,(H,26,29). The molecule has 4 rings (SSSR count). The van der Waals surface area contributed by atoms with Gasteiger partial charge in [-0.05, 0) is 49.2 Å². The zero-order valence-electron chi connectivity index (χ0n) is 18.1. The van der Waals surface area contributed by atoms with E-state index in [1.165, 1.54) is 29.6 Å². The first kappa shape index (κ1) is 23.1. The molecular formula is C22H22F3N3O4S. The van der Waals surface area contributed by atoms with E-state index in [1.807, 2.05) is 0 Å². The number of fused-ring (bicyclic) bond motifs is 2.